The van der Waals surface area contributed by atoms with Crippen LogP contribution in [0.25, 0.3) is 11.1 Å². The van der Waals surface area contributed by atoms with Gasteiger partial charge in [-0.2, -0.15) is 0 Å². The topological polar surface area (TPSA) is 95.6 Å². The Kier molecular flexibility index (Phi) is 8.95. The lowest BCUT2D eigenvalue weighted by Gasteiger charge is -2.18. The zero-order chi connectivity index (χ0) is 20.8. The molecule has 156 valence electrons. The summed E-state index contributed by atoms with van der Waals surface area (Å²) in [6.45, 7) is 11.2. The number of aromatic hydroxyl groups is 2. The Hall–Kier alpha value is -2.76. The van der Waals surface area contributed by atoms with E-state index in [1.165, 1.54) is 0 Å². The minimum Gasteiger partial charge on any atom is -0.508 e. The van der Waals surface area contributed by atoms with Crippen molar-refractivity contribution in [1.82, 2.24) is 0 Å². The molecular weight excluding hydrogens is 388 g/mol. The Labute approximate surface area is 178 Å². The van der Waals surface area contributed by atoms with Crippen LogP contribution in [0.15, 0.2) is 55.6 Å². The summed E-state index contributed by atoms with van der Waals surface area (Å²) < 4.78 is 0. The maximum atomic E-state index is 12.4. The second-order valence-corrected chi connectivity index (χ2v) is 7.13. The van der Waals surface area contributed by atoms with Crippen LogP contribution < -0.4 is 11.1 Å². The third-order valence-corrected chi connectivity index (χ3v) is 4.58. The smallest absolute Gasteiger partial charge is 0.241 e. The molecule has 0 heterocycles. The number of rotatable bonds is 8. The molecule has 0 aliphatic carbocycles. The number of amides is 1. The average Bonchev–Trinajstić information content (AvgIpc) is 2.65. The quantitative estimate of drug-likeness (QED) is 0.374. The highest BCUT2D eigenvalue weighted by Crippen LogP contribution is 2.39. The first kappa shape index (κ1) is 24.3. The van der Waals surface area contributed by atoms with E-state index < -0.39 is 6.04 Å². The molecular formula is C23H29ClN2O3. The van der Waals surface area contributed by atoms with Crippen molar-refractivity contribution in [2.75, 3.05) is 5.32 Å². The van der Waals surface area contributed by atoms with Crippen molar-refractivity contribution in [2.45, 2.75) is 32.7 Å². The van der Waals surface area contributed by atoms with E-state index >= 15 is 0 Å². The third-order valence-electron chi connectivity index (χ3n) is 4.58. The van der Waals surface area contributed by atoms with Gasteiger partial charge in [0.1, 0.15) is 11.5 Å². The van der Waals surface area contributed by atoms with Gasteiger partial charge in [0.25, 0.3) is 0 Å². The van der Waals surface area contributed by atoms with Crippen molar-refractivity contribution in [3.63, 3.8) is 0 Å². The number of anilines is 1. The van der Waals surface area contributed by atoms with E-state index in [0.717, 1.165) is 11.1 Å². The summed E-state index contributed by atoms with van der Waals surface area (Å²) >= 11 is 0. The molecule has 2 aromatic rings. The van der Waals surface area contributed by atoms with E-state index in [1.807, 2.05) is 19.9 Å². The number of halogens is 1. The van der Waals surface area contributed by atoms with Crippen LogP contribution in [0.4, 0.5) is 5.69 Å². The maximum absolute atomic E-state index is 12.4. The Morgan fingerprint density at radius 3 is 2.38 bits per heavy atom. The average molecular weight is 417 g/mol. The van der Waals surface area contributed by atoms with E-state index in [9.17, 15) is 15.0 Å². The molecule has 1 unspecified atom stereocenters. The van der Waals surface area contributed by atoms with Crippen molar-refractivity contribution in [1.29, 1.82) is 0 Å². The fourth-order valence-corrected chi connectivity index (χ4v) is 2.88. The summed E-state index contributed by atoms with van der Waals surface area (Å²) in [5.74, 6) is -0.268. The summed E-state index contributed by atoms with van der Waals surface area (Å²) in [6.07, 6.45) is 4.52. The van der Waals surface area contributed by atoms with Gasteiger partial charge in [-0.15, -0.1) is 25.6 Å². The Balaban J connectivity index is 0.00000420. The number of phenolic OH excluding ortho intramolecular Hbond substituents is 2. The fraction of sp³-hybridized carbons (Fsp3) is 0.261. The normalized spacial score (nSPS) is 11.4. The van der Waals surface area contributed by atoms with Gasteiger partial charge in [-0.3, -0.25) is 4.79 Å². The van der Waals surface area contributed by atoms with Crippen LogP contribution in [-0.2, 0) is 17.6 Å². The minimum absolute atomic E-state index is 0. The molecule has 0 fully saturated rings. The first-order valence-electron chi connectivity index (χ1n) is 9.24. The van der Waals surface area contributed by atoms with Crippen LogP contribution in [0.2, 0.25) is 0 Å². The molecule has 1 amide bonds. The SMILES string of the molecule is C=CCc1cc(NC(=O)C(N)C(C)C)c(O)c(-c2ccc(O)c(CC=C)c2)c1.Cl. The van der Waals surface area contributed by atoms with E-state index in [2.05, 4.69) is 18.5 Å². The van der Waals surface area contributed by atoms with Gasteiger partial charge in [0, 0.05) is 5.56 Å². The van der Waals surface area contributed by atoms with Gasteiger partial charge in [0.05, 0.1) is 11.7 Å². The number of nitrogens with two attached hydrogens (primary N) is 1. The van der Waals surface area contributed by atoms with E-state index in [1.54, 1.807) is 36.4 Å². The molecule has 6 heteroatoms. The summed E-state index contributed by atoms with van der Waals surface area (Å²) in [5.41, 5.74) is 9.09. The van der Waals surface area contributed by atoms with Crippen molar-refractivity contribution in [3.8, 4) is 22.6 Å². The highest BCUT2D eigenvalue weighted by molar-refractivity contribution is 5.97. The molecule has 5 N–H and O–H groups in total. The van der Waals surface area contributed by atoms with Gasteiger partial charge in [0.15, 0.2) is 0 Å². The van der Waals surface area contributed by atoms with Gasteiger partial charge >= 0.3 is 0 Å². The molecule has 0 aliphatic heterocycles. The molecule has 0 saturated carbocycles. The second-order valence-electron chi connectivity index (χ2n) is 7.13. The zero-order valence-electron chi connectivity index (χ0n) is 16.8. The van der Waals surface area contributed by atoms with Crippen LogP contribution in [0.1, 0.15) is 25.0 Å². The van der Waals surface area contributed by atoms with Gasteiger partial charge < -0.3 is 21.3 Å². The third kappa shape index (κ3) is 5.86. The van der Waals surface area contributed by atoms with Gasteiger partial charge in [-0.1, -0.05) is 32.1 Å². The van der Waals surface area contributed by atoms with E-state index in [0.29, 0.717) is 29.7 Å². The second kappa shape index (κ2) is 10.7. The predicted molar refractivity (Wildman–Crippen MR) is 122 cm³/mol. The predicted octanol–water partition coefficient (Wildman–Crippen LogP) is 4.57. The number of hydrogen-bond acceptors (Lipinski definition) is 4. The highest BCUT2D eigenvalue weighted by Gasteiger charge is 2.20. The zero-order valence-corrected chi connectivity index (χ0v) is 17.6. The van der Waals surface area contributed by atoms with Gasteiger partial charge in [-0.25, -0.2) is 0 Å². The maximum Gasteiger partial charge on any atom is 0.241 e. The molecule has 5 nitrogen and oxygen atoms in total. The molecule has 0 aromatic heterocycles. The van der Waals surface area contributed by atoms with E-state index in [-0.39, 0.29) is 35.7 Å². The number of phenols is 2. The number of benzene rings is 2. The van der Waals surface area contributed by atoms with Crippen LogP contribution in [0.5, 0.6) is 11.5 Å². The molecule has 1 atom stereocenters. The lowest BCUT2D eigenvalue weighted by molar-refractivity contribution is -0.118. The Morgan fingerprint density at radius 2 is 1.79 bits per heavy atom. The van der Waals surface area contributed by atoms with Crippen molar-refractivity contribution >= 4 is 24.0 Å². The van der Waals surface area contributed by atoms with Crippen molar-refractivity contribution in [3.05, 3.63) is 66.8 Å². The monoisotopic (exact) mass is 416 g/mol. The van der Waals surface area contributed by atoms with Crippen LogP contribution >= 0.6 is 12.4 Å². The number of carbonyl (C=O) groups is 1. The standard InChI is InChI=1S/C23H28N2O3.ClH/c1-5-7-15-11-18(16-9-10-20(26)17(13-16)8-6-2)22(27)19(12-15)25-23(28)21(24)14(3)4;/h5-6,9-14,21,26-27H,1-2,7-8,24H2,3-4H3,(H,25,28);1H. The summed E-state index contributed by atoms with van der Waals surface area (Å²) in [6, 6.07) is 7.99. The molecule has 0 radical (unpaired) electrons. The molecule has 0 saturated heterocycles. The minimum atomic E-state index is -0.682. The molecule has 0 aliphatic rings. The lowest BCUT2D eigenvalue weighted by atomic mass is 9.96. The Morgan fingerprint density at radius 1 is 1.14 bits per heavy atom. The first-order chi connectivity index (χ1) is 13.3. The molecule has 29 heavy (non-hydrogen) atoms. The summed E-state index contributed by atoms with van der Waals surface area (Å²) in [5, 5.41) is 23.6. The molecule has 2 rings (SSSR count). The van der Waals surface area contributed by atoms with Crippen LogP contribution in [0.3, 0.4) is 0 Å². The van der Waals surface area contributed by atoms with Gasteiger partial charge in [0.2, 0.25) is 5.91 Å². The molecule has 0 spiro atoms. The molecule has 2 aromatic carbocycles. The fourth-order valence-electron chi connectivity index (χ4n) is 2.88. The van der Waals surface area contributed by atoms with Crippen LogP contribution in [0, 0.1) is 5.92 Å². The number of nitrogens with one attached hydrogen (secondary N) is 1. The van der Waals surface area contributed by atoms with Crippen molar-refractivity contribution < 1.29 is 15.0 Å². The number of allylic oxidation sites excluding steroid dienone is 2. The van der Waals surface area contributed by atoms with E-state index in [4.69, 9.17) is 5.73 Å². The first-order valence-corrected chi connectivity index (χ1v) is 9.24. The number of carbonyl (C=O) groups excluding carboxylic acids is 1. The molecule has 0 bridgehead atoms. The van der Waals surface area contributed by atoms with Crippen LogP contribution in [-0.4, -0.2) is 22.2 Å². The summed E-state index contributed by atoms with van der Waals surface area (Å²) in [4.78, 5) is 12.4. The largest absolute Gasteiger partial charge is 0.508 e. The number of hydrogen-bond donors (Lipinski definition) is 4. The van der Waals surface area contributed by atoms with Gasteiger partial charge in [-0.05, 0) is 59.7 Å². The van der Waals surface area contributed by atoms with Crippen molar-refractivity contribution in [2.24, 2.45) is 11.7 Å². The Bertz CT molecular complexity index is 894. The highest BCUT2D eigenvalue weighted by atomic mass is 35.5. The summed E-state index contributed by atoms with van der Waals surface area (Å²) in [7, 11) is 0. The lowest BCUT2D eigenvalue weighted by Crippen LogP contribution is -2.39.